The highest BCUT2D eigenvalue weighted by Gasteiger charge is 2.09. The molecule has 0 unspecified atom stereocenters. The molecular weight excluding hydrogens is 264 g/mol. The van der Waals surface area contributed by atoms with Gasteiger partial charge in [0.1, 0.15) is 11.5 Å². The van der Waals surface area contributed by atoms with Crippen molar-refractivity contribution in [1.82, 2.24) is 0 Å². The molecule has 0 radical (unpaired) electrons. The quantitative estimate of drug-likeness (QED) is 0.812. The number of para-hydroxylation sites is 1. The van der Waals surface area contributed by atoms with Crippen LogP contribution in [0.25, 0.3) is 0 Å². The lowest BCUT2D eigenvalue weighted by Crippen LogP contribution is -2.08. The van der Waals surface area contributed by atoms with Crippen LogP contribution in [0.5, 0.6) is 11.5 Å². The molecule has 0 aromatic heterocycles. The highest BCUT2D eigenvalue weighted by atomic mass is 16.5. The fourth-order valence-electron chi connectivity index (χ4n) is 2.06. The van der Waals surface area contributed by atoms with Gasteiger partial charge >= 0.3 is 0 Å². The molecule has 0 aliphatic rings. The van der Waals surface area contributed by atoms with Crippen molar-refractivity contribution in [2.45, 2.75) is 26.9 Å². The number of anilines is 3. The number of rotatable bonds is 5. The van der Waals surface area contributed by atoms with Crippen LogP contribution in [0.15, 0.2) is 36.4 Å². The third-order valence-electron chi connectivity index (χ3n) is 3.13. The van der Waals surface area contributed by atoms with Gasteiger partial charge in [-0.2, -0.15) is 0 Å². The Hall–Kier alpha value is -2.36. The summed E-state index contributed by atoms with van der Waals surface area (Å²) < 4.78 is 10.9. The van der Waals surface area contributed by atoms with Crippen LogP contribution in [-0.4, -0.2) is 13.2 Å². The van der Waals surface area contributed by atoms with Crippen LogP contribution in [0.1, 0.15) is 19.4 Å². The zero-order valence-electron chi connectivity index (χ0n) is 12.9. The van der Waals surface area contributed by atoms with Gasteiger partial charge in [-0.3, -0.25) is 0 Å². The number of benzene rings is 2. The van der Waals surface area contributed by atoms with E-state index in [1.807, 2.05) is 57.2 Å². The number of hydrogen-bond donors (Lipinski definition) is 2. The van der Waals surface area contributed by atoms with Crippen LogP contribution in [0.4, 0.5) is 17.1 Å². The van der Waals surface area contributed by atoms with Gasteiger partial charge in [0, 0.05) is 5.69 Å². The van der Waals surface area contributed by atoms with Crippen LogP contribution in [-0.2, 0) is 0 Å². The minimum atomic E-state index is 0.0882. The molecule has 0 saturated carbocycles. The maximum absolute atomic E-state index is 6.17. The first-order chi connectivity index (χ1) is 10.0. The topological polar surface area (TPSA) is 56.5 Å². The first-order valence-electron chi connectivity index (χ1n) is 6.98. The van der Waals surface area contributed by atoms with E-state index in [-0.39, 0.29) is 6.10 Å². The summed E-state index contributed by atoms with van der Waals surface area (Å²) in [5, 5.41) is 3.34. The van der Waals surface area contributed by atoms with E-state index in [1.54, 1.807) is 7.11 Å². The molecule has 2 aromatic carbocycles. The molecule has 2 aromatic rings. The second-order valence-electron chi connectivity index (χ2n) is 5.19. The van der Waals surface area contributed by atoms with Crippen molar-refractivity contribution in [3.63, 3.8) is 0 Å². The predicted molar refractivity (Wildman–Crippen MR) is 87.6 cm³/mol. The molecule has 2 rings (SSSR count). The summed E-state index contributed by atoms with van der Waals surface area (Å²) in [6.45, 7) is 5.98. The number of nitrogens with two attached hydrogens (primary N) is 1. The fraction of sp³-hybridized carbons (Fsp3) is 0.294. The van der Waals surface area contributed by atoms with Gasteiger partial charge in [0.05, 0.1) is 24.6 Å². The van der Waals surface area contributed by atoms with Crippen LogP contribution >= 0.6 is 0 Å². The molecule has 4 nitrogen and oxygen atoms in total. The van der Waals surface area contributed by atoms with Gasteiger partial charge in [-0.05, 0) is 56.7 Å². The lowest BCUT2D eigenvalue weighted by molar-refractivity contribution is 0.244. The van der Waals surface area contributed by atoms with Crippen LogP contribution in [0.2, 0.25) is 0 Å². The van der Waals surface area contributed by atoms with Crippen molar-refractivity contribution in [1.29, 1.82) is 0 Å². The smallest absolute Gasteiger partial charge is 0.144 e. The molecule has 0 atom stereocenters. The number of hydrogen-bond acceptors (Lipinski definition) is 4. The molecule has 3 N–H and O–H groups in total. The highest BCUT2D eigenvalue weighted by Crippen LogP contribution is 2.33. The highest BCUT2D eigenvalue weighted by molar-refractivity contribution is 5.78. The molecular formula is C17H22N2O2. The SMILES string of the molecule is COc1ccc(Nc2cccc(OC(C)C)c2N)c(C)c1. The maximum Gasteiger partial charge on any atom is 0.144 e. The Balaban J connectivity index is 2.27. The Morgan fingerprint density at radius 2 is 1.86 bits per heavy atom. The van der Waals surface area contributed by atoms with E-state index in [1.165, 1.54) is 0 Å². The lowest BCUT2D eigenvalue weighted by Gasteiger charge is -2.17. The Bertz CT molecular complexity index is 624. The van der Waals surface area contributed by atoms with Crippen LogP contribution < -0.4 is 20.5 Å². The van der Waals surface area contributed by atoms with E-state index < -0.39 is 0 Å². The van der Waals surface area contributed by atoms with Crippen molar-refractivity contribution >= 4 is 17.1 Å². The normalized spacial score (nSPS) is 10.5. The van der Waals surface area contributed by atoms with Crippen LogP contribution in [0.3, 0.4) is 0 Å². The molecule has 0 amide bonds. The number of nitrogens with one attached hydrogen (secondary N) is 1. The van der Waals surface area contributed by atoms with Crippen molar-refractivity contribution in [3.05, 3.63) is 42.0 Å². The van der Waals surface area contributed by atoms with E-state index >= 15 is 0 Å². The molecule has 0 spiro atoms. The summed E-state index contributed by atoms with van der Waals surface area (Å²) in [7, 11) is 1.66. The summed E-state index contributed by atoms with van der Waals surface area (Å²) in [5.74, 6) is 1.53. The zero-order chi connectivity index (χ0) is 15.4. The summed E-state index contributed by atoms with van der Waals surface area (Å²) in [5.41, 5.74) is 9.70. The first kappa shape index (κ1) is 15.0. The number of ether oxygens (including phenoxy) is 2. The molecule has 112 valence electrons. The standard InChI is InChI=1S/C17H22N2O2/c1-11(2)21-16-7-5-6-15(17(16)18)19-14-9-8-13(20-4)10-12(14)3/h5-11,19H,18H2,1-4H3. The van der Waals surface area contributed by atoms with E-state index in [0.717, 1.165) is 22.7 Å². The fourth-order valence-corrected chi connectivity index (χ4v) is 2.06. The number of nitrogen functional groups attached to an aromatic ring is 1. The molecule has 0 fully saturated rings. The minimum absolute atomic E-state index is 0.0882. The average Bonchev–Trinajstić information content (AvgIpc) is 2.44. The Morgan fingerprint density at radius 1 is 1.10 bits per heavy atom. The Kier molecular flexibility index (Phi) is 4.58. The molecule has 21 heavy (non-hydrogen) atoms. The molecule has 4 heteroatoms. The maximum atomic E-state index is 6.17. The van der Waals surface area contributed by atoms with Gasteiger partial charge in [-0.1, -0.05) is 6.07 Å². The summed E-state index contributed by atoms with van der Waals surface area (Å²) in [4.78, 5) is 0. The largest absolute Gasteiger partial charge is 0.497 e. The summed E-state index contributed by atoms with van der Waals surface area (Å²) in [6, 6.07) is 11.6. The second-order valence-corrected chi connectivity index (χ2v) is 5.19. The monoisotopic (exact) mass is 286 g/mol. The van der Waals surface area contributed by atoms with Crippen molar-refractivity contribution in [2.24, 2.45) is 0 Å². The van der Waals surface area contributed by atoms with Gasteiger partial charge in [0.25, 0.3) is 0 Å². The molecule has 0 heterocycles. The van der Waals surface area contributed by atoms with Gasteiger partial charge in [-0.25, -0.2) is 0 Å². The molecule has 0 saturated heterocycles. The van der Waals surface area contributed by atoms with Gasteiger partial charge in [-0.15, -0.1) is 0 Å². The molecule has 0 aliphatic carbocycles. The number of aryl methyl sites for hydroxylation is 1. The number of methoxy groups -OCH3 is 1. The van der Waals surface area contributed by atoms with E-state index in [0.29, 0.717) is 11.4 Å². The van der Waals surface area contributed by atoms with Gasteiger partial charge in [0.2, 0.25) is 0 Å². The van der Waals surface area contributed by atoms with Gasteiger partial charge in [0.15, 0.2) is 0 Å². The third-order valence-corrected chi connectivity index (χ3v) is 3.13. The van der Waals surface area contributed by atoms with E-state index in [2.05, 4.69) is 5.32 Å². The second kappa shape index (κ2) is 6.39. The predicted octanol–water partition coefficient (Wildman–Crippen LogP) is 4.12. The van der Waals surface area contributed by atoms with E-state index in [9.17, 15) is 0 Å². The molecule has 0 aliphatic heterocycles. The summed E-state index contributed by atoms with van der Waals surface area (Å²) >= 11 is 0. The Morgan fingerprint density at radius 3 is 2.48 bits per heavy atom. The average molecular weight is 286 g/mol. The van der Waals surface area contributed by atoms with Crippen LogP contribution in [0, 0.1) is 6.92 Å². The van der Waals surface area contributed by atoms with E-state index in [4.69, 9.17) is 15.2 Å². The first-order valence-corrected chi connectivity index (χ1v) is 6.98. The Labute approximate surface area is 125 Å². The minimum Gasteiger partial charge on any atom is -0.497 e. The van der Waals surface area contributed by atoms with Crippen molar-refractivity contribution < 1.29 is 9.47 Å². The zero-order valence-corrected chi connectivity index (χ0v) is 12.9. The third kappa shape index (κ3) is 3.60. The summed E-state index contributed by atoms with van der Waals surface area (Å²) in [6.07, 6.45) is 0.0882. The molecule has 0 bridgehead atoms. The lowest BCUT2D eigenvalue weighted by atomic mass is 10.1. The van der Waals surface area contributed by atoms with Crippen molar-refractivity contribution in [2.75, 3.05) is 18.2 Å². The van der Waals surface area contributed by atoms with Crippen molar-refractivity contribution in [3.8, 4) is 11.5 Å². The van der Waals surface area contributed by atoms with Gasteiger partial charge < -0.3 is 20.5 Å².